The van der Waals surface area contributed by atoms with Crippen LogP contribution in [0.3, 0.4) is 0 Å². The van der Waals surface area contributed by atoms with Crippen molar-refractivity contribution in [1.82, 2.24) is 16.0 Å². The zero-order valence-electron chi connectivity index (χ0n) is 16.5. The van der Waals surface area contributed by atoms with Gasteiger partial charge in [-0.25, -0.2) is 9.59 Å². The number of nitrogens with one attached hydrogen (secondary N) is 3. The quantitative estimate of drug-likeness (QED) is 0.204. The van der Waals surface area contributed by atoms with Gasteiger partial charge in [0.15, 0.2) is 5.78 Å². The van der Waals surface area contributed by atoms with Crippen molar-refractivity contribution in [2.24, 2.45) is 5.92 Å². The minimum atomic E-state index is -1.94. The third-order valence-corrected chi connectivity index (χ3v) is 3.93. The molecule has 0 aliphatic carbocycles. The van der Waals surface area contributed by atoms with E-state index in [0.717, 1.165) is 6.42 Å². The van der Waals surface area contributed by atoms with Gasteiger partial charge in [0.25, 0.3) is 0 Å². The van der Waals surface area contributed by atoms with Crippen LogP contribution in [0.1, 0.15) is 59.8 Å². The molecule has 2 atom stereocenters. The number of carboxylic acid groups (broad SMARTS) is 1. The lowest BCUT2D eigenvalue weighted by molar-refractivity contribution is -0.139. The third-order valence-electron chi connectivity index (χ3n) is 3.93. The maximum atomic E-state index is 12.2. The van der Waals surface area contributed by atoms with Gasteiger partial charge < -0.3 is 21.1 Å². The minimum absolute atomic E-state index is 0.0482. The number of unbranched alkanes of at least 4 members (excludes halogenated alkanes) is 1. The second-order valence-electron chi connectivity index (χ2n) is 7.12. The van der Waals surface area contributed by atoms with Crippen molar-refractivity contribution in [3.63, 3.8) is 0 Å². The fourth-order valence-corrected chi connectivity index (χ4v) is 2.57. The van der Waals surface area contributed by atoms with Gasteiger partial charge in [-0.1, -0.05) is 27.7 Å². The summed E-state index contributed by atoms with van der Waals surface area (Å²) in [5.41, 5.74) is 0. The Kier molecular flexibility index (Phi) is 12.2. The number of hydrogen-bond acceptors (Lipinski definition) is 5. The number of ketones is 1. The number of carboxylic acids is 1. The molecule has 0 aromatic heterocycles. The second kappa shape index (κ2) is 13.2. The number of amides is 2. The molecule has 0 rings (SSSR count). The molecule has 0 aromatic rings. The first kappa shape index (κ1) is 25.0. The Morgan fingerprint density at radius 2 is 1.59 bits per heavy atom. The summed E-state index contributed by atoms with van der Waals surface area (Å²) in [7, 11) is 0. The molecule has 0 bridgehead atoms. The van der Waals surface area contributed by atoms with Crippen LogP contribution in [0.4, 0.5) is 9.18 Å². The molecule has 0 heterocycles. The van der Waals surface area contributed by atoms with E-state index in [1.54, 1.807) is 5.32 Å². The summed E-state index contributed by atoms with van der Waals surface area (Å²) in [5, 5.41) is 16.4. The molecule has 0 saturated carbocycles. The van der Waals surface area contributed by atoms with Crippen molar-refractivity contribution >= 4 is 23.8 Å². The predicted octanol–water partition coefficient (Wildman–Crippen LogP) is 1.78. The third kappa shape index (κ3) is 12.1. The van der Waals surface area contributed by atoms with Gasteiger partial charge in [-0.3, -0.25) is 9.59 Å². The largest absolute Gasteiger partial charge is 0.480 e. The van der Waals surface area contributed by atoms with Gasteiger partial charge in [-0.05, 0) is 25.7 Å². The van der Waals surface area contributed by atoms with Crippen molar-refractivity contribution in [2.75, 3.05) is 6.54 Å². The molecule has 2 amide bonds. The summed E-state index contributed by atoms with van der Waals surface area (Å²) in [5.74, 6) is -1.65. The molecule has 27 heavy (non-hydrogen) atoms. The van der Waals surface area contributed by atoms with Crippen LogP contribution in [-0.2, 0) is 14.4 Å². The molecule has 156 valence electrons. The van der Waals surface area contributed by atoms with Crippen LogP contribution in [0.15, 0.2) is 0 Å². The van der Waals surface area contributed by atoms with Gasteiger partial charge in [0.2, 0.25) is 5.91 Å². The predicted molar refractivity (Wildman–Crippen MR) is 99.1 cm³/mol. The van der Waals surface area contributed by atoms with Crippen molar-refractivity contribution in [1.29, 1.82) is 0 Å². The van der Waals surface area contributed by atoms with Gasteiger partial charge in [-0.2, -0.15) is 0 Å². The number of hydrogen-bond donors (Lipinski definition) is 4. The first-order valence-electron chi connectivity index (χ1n) is 9.29. The SMILES string of the molecule is CC(C)N[C@@H](CCCCNC(=O)CC[C@@H](NC(=O)F)C(=O)O)C(=O)C(C)C. The molecule has 0 saturated heterocycles. The highest BCUT2D eigenvalue weighted by Gasteiger charge is 2.22. The molecule has 0 radical (unpaired) electrons. The molecule has 0 spiro atoms. The van der Waals surface area contributed by atoms with Crippen LogP contribution in [0.25, 0.3) is 0 Å². The van der Waals surface area contributed by atoms with Gasteiger partial charge >= 0.3 is 12.1 Å². The van der Waals surface area contributed by atoms with Gasteiger partial charge in [-0.15, -0.1) is 4.39 Å². The summed E-state index contributed by atoms with van der Waals surface area (Å²) in [6, 6.07) is -1.44. The van der Waals surface area contributed by atoms with Crippen molar-refractivity contribution in [2.45, 2.75) is 77.9 Å². The van der Waals surface area contributed by atoms with Crippen LogP contribution < -0.4 is 16.0 Å². The highest BCUT2D eigenvalue weighted by atomic mass is 19.1. The molecule has 0 aliphatic rings. The van der Waals surface area contributed by atoms with E-state index >= 15 is 0 Å². The Morgan fingerprint density at radius 3 is 2.07 bits per heavy atom. The highest BCUT2D eigenvalue weighted by Crippen LogP contribution is 2.09. The molecule has 0 fully saturated rings. The maximum absolute atomic E-state index is 12.2. The molecule has 0 aromatic carbocycles. The fraction of sp³-hybridized carbons (Fsp3) is 0.778. The standard InChI is InChI=1S/C18H32FN3O5/c1-11(2)16(24)13(21-12(3)4)7-5-6-10-20-15(23)9-8-14(17(25)26)22-18(19)27/h11-14,21H,5-10H2,1-4H3,(H,20,23)(H,22,27)(H,25,26)/t13-,14+/m0/s1. The van der Waals surface area contributed by atoms with Crippen LogP contribution in [0.5, 0.6) is 0 Å². The van der Waals surface area contributed by atoms with Crippen LogP contribution in [0, 0.1) is 5.92 Å². The topological polar surface area (TPSA) is 125 Å². The first-order chi connectivity index (χ1) is 12.5. The number of Topliss-reactive ketones (excluding diaryl/α,β-unsaturated/α-hetero) is 1. The van der Waals surface area contributed by atoms with Crippen molar-refractivity contribution in [3.05, 3.63) is 0 Å². The van der Waals surface area contributed by atoms with Gasteiger partial charge in [0.1, 0.15) is 6.04 Å². The molecular formula is C18H32FN3O5. The number of aliphatic carboxylic acids is 1. The lowest BCUT2D eigenvalue weighted by Gasteiger charge is -2.22. The maximum Gasteiger partial charge on any atom is 0.398 e. The highest BCUT2D eigenvalue weighted by molar-refractivity contribution is 5.85. The molecular weight excluding hydrogens is 357 g/mol. The van der Waals surface area contributed by atoms with Gasteiger partial charge in [0.05, 0.1) is 6.04 Å². The smallest absolute Gasteiger partial charge is 0.398 e. The Balaban J connectivity index is 4.14. The number of rotatable bonds is 14. The van der Waals surface area contributed by atoms with Gasteiger partial charge in [0, 0.05) is 24.9 Å². The van der Waals surface area contributed by atoms with E-state index in [-0.39, 0.29) is 42.5 Å². The van der Waals surface area contributed by atoms with E-state index in [1.807, 2.05) is 27.7 Å². The number of carbonyl (C=O) groups excluding carboxylic acids is 3. The normalized spacial score (nSPS) is 13.3. The van der Waals surface area contributed by atoms with E-state index in [2.05, 4.69) is 10.6 Å². The molecule has 8 nitrogen and oxygen atoms in total. The average Bonchev–Trinajstić information content (AvgIpc) is 2.55. The van der Waals surface area contributed by atoms with E-state index in [9.17, 15) is 23.6 Å². The lowest BCUT2D eigenvalue weighted by Crippen LogP contribution is -2.42. The minimum Gasteiger partial charge on any atom is -0.480 e. The van der Waals surface area contributed by atoms with E-state index < -0.39 is 18.2 Å². The molecule has 4 N–H and O–H groups in total. The monoisotopic (exact) mass is 389 g/mol. The summed E-state index contributed by atoms with van der Waals surface area (Å²) in [4.78, 5) is 45.0. The number of halogens is 1. The zero-order valence-corrected chi connectivity index (χ0v) is 16.5. The van der Waals surface area contributed by atoms with Crippen LogP contribution in [0.2, 0.25) is 0 Å². The molecule has 0 unspecified atom stereocenters. The molecule has 9 heteroatoms. The summed E-state index contributed by atoms with van der Waals surface area (Å²) < 4.78 is 12.2. The summed E-state index contributed by atoms with van der Waals surface area (Å²) >= 11 is 0. The average molecular weight is 389 g/mol. The Labute approximate surface area is 159 Å². The second-order valence-corrected chi connectivity index (χ2v) is 7.12. The van der Waals surface area contributed by atoms with Crippen molar-refractivity contribution in [3.8, 4) is 0 Å². The first-order valence-corrected chi connectivity index (χ1v) is 9.29. The Hall–Kier alpha value is -2.03. The zero-order chi connectivity index (χ0) is 21.0. The van der Waals surface area contributed by atoms with Crippen LogP contribution in [-0.4, -0.2) is 53.6 Å². The van der Waals surface area contributed by atoms with Crippen LogP contribution >= 0.6 is 0 Å². The molecule has 0 aliphatic heterocycles. The van der Waals surface area contributed by atoms with E-state index in [0.29, 0.717) is 19.4 Å². The van der Waals surface area contributed by atoms with E-state index in [1.165, 1.54) is 0 Å². The fourth-order valence-electron chi connectivity index (χ4n) is 2.57. The summed E-state index contributed by atoms with van der Waals surface area (Å²) in [6.07, 6.45) is -0.172. The van der Waals surface area contributed by atoms with Crippen molar-refractivity contribution < 1.29 is 28.7 Å². The van der Waals surface area contributed by atoms with E-state index in [4.69, 9.17) is 5.11 Å². The Morgan fingerprint density at radius 1 is 0.963 bits per heavy atom. The summed E-state index contributed by atoms with van der Waals surface area (Å²) in [6.45, 7) is 8.10. The Bertz CT molecular complexity index is 511. The number of carbonyl (C=O) groups is 4. The lowest BCUT2D eigenvalue weighted by atomic mass is 9.96.